The van der Waals surface area contributed by atoms with E-state index in [0.29, 0.717) is 11.1 Å². The minimum atomic E-state index is -0.622. The summed E-state index contributed by atoms with van der Waals surface area (Å²) in [5.74, 6) is -0.660. The van der Waals surface area contributed by atoms with Crippen molar-refractivity contribution < 1.29 is 4.79 Å². The Morgan fingerprint density at radius 3 is 2.22 bits per heavy atom. The number of nitrogens with zero attached hydrogens (tertiary/aromatic N) is 1. The maximum absolute atomic E-state index is 13.0. The van der Waals surface area contributed by atoms with E-state index in [4.69, 9.17) is 5.73 Å². The summed E-state index contributed by atoms with van der Waals surface area (Å²) in [4.78, 5) is 30.5. The largest absolute Gasteiger partial charge is 0.383 e. The quantitative estimate of drug-likeness (QED) is 0.724. The van der Waals surface area contributed by atoms with E-state index in [1.54, 1.807) is 12.1 Å². The molecule has 0 radical (unpaired) electrons. The zero-order chi connectivity index (χ0) is 16.2. The first kappa shape index (κ1) is 14.7. The molecule has 0 bridgehead atoms. The molecule has 1 aromatic heterocycles. The van der Waals surface area contributed by atoms with Gasteiger partial charge in [-0.15, -0.1) is 0 Å². The monoisotopic (exact) mass is 305 g/mol. The Hall–Kier alpha value is -3.21. The molecule has 23 heavy (non-hydrogen) atoms. The first-order chi connectivity index (χ1) is 11.2. The SMILES string of the molecule is Nc1nc(=O)[nH]cc1C(C(=O)c1ccccc1)c1ccccc1. The molecule has 1 unspecified atom stereocenters. The number of carbonyl (C=O) groups is 1. The van der Waals surface area contributed by atoms with Gasteiger partial charge in [0.15, 0.2) is 5.78 Å². The van der Waals surface area contributed by atoms with Gasteiger partial charge >= 0.3 is 5.69 Å². The van der Waals surface area contributed by atoms with Gasteiger partial charge in [0.2, 0.25) is 0 Å². The number of H-pyrrole nitrogens is 1. The van der Waals surface area contributed by atoms with Crippen LogP contribution >= 0.6 is 0 Å². The highest BCUT2D eigenvalue weighted by molar-refractivity contribution is 6.03. The Bertz CT molecular complexity index is 874. The molecule has 0 spiro atoms. The van der Waals surface area contributed by atoms with Gasteiger partial charge in [0.1, 0.15) is 5.82 Å². The van der Waals surface area contributed by atoms with Crippen molar-refractivity contribution in [1.29, 1.82) is 0 Å². The number of nitrogen functional groups attached to an aromatic ring is 1. The number of aromatic nitrogens is 2. The molecule has 1 atom stereocenters. The summed E-state index contributed by atoms with van der Waals surface area (Å²) in [5.41, 5.74) is 7.22. The Kier molecular flexibility index (Phi) is 4.01. The lowest BCUT2D eigenvalue weighted by molar-refractivity contribution is 0.0974. The summed E-state index contributed by atoms with van der Waals surface area (Å²) in [6, 6.07) is 18.3. The summed E-state index contributed by atoms with van der Waals surface area (Å²) >= 11 is 0. The molecule has 0 saturated heterocycles. The number of benzene rings is 2. The average Bonchev–Trinajstić information content (AvgIpc) is 2.59. The number of ketones is 1. The van der Waals surface area contributed by atoms with Gasteiger partial charge in [-0.25, -0.2) is 4.79 Å². The molecule has 2 aromatic carbocycles. The van der Waals surface area contributed by atoms with E-state index in [1.165, 1.54) is 6.20 Å². The third-order valence-electron chi connectivity index (χ3n) is 3.63. The van der Waals surface area contributed by atoms with Gasteiger partial charge in [0.05, 0.1) is 5.92 Å². The van der Waals surface area contributed by atoms with Gasteiger partial charge < -0.3 is 10.7 Å². The zero-order valence-electron chi connectivity index (χ0n) is 12.3. The molecule has 0 aliphatic carbocycles. The number of aromatic amines is 1. The zero-order valence-corrected chi connectivity index (χ0v) is 12.3. The lowest BCUT2D eigenvalue weighted by Gasteiger charge is -2.17. The van der Waals surface area contributed by atoms with Crippen LogP contribution < -0.4 is 11.4 Å². The molecule has 1 heterocycles. The van der Waals surface area contributed by atoms with Crippen molar-refractivity contribution in [3.63, 3.8) is 0 Å². The molecule has 5 heteroatoms. The first-order valence-electron chi connectivity index (χ1n) is 7.16. The third kappa shape index (κ3) is 3.03. The lowest BCUT2D eigenvalue weighted by Crippen LogP contribution is -2.21. The number of nitrogens with two attached hydrogens (primary N) is 1. The van der Waals surface area contributed by atoms with Gasteiger partial charge in [-0.3, -0.25) is 4.79 Å². The molecule has 0 aliphatic rings. The van der Waals surface area contributed by atoms with E-state index in [0.717, 1.165) is 5.56 Å². The first-order valence-corrected chi connectivity index (χ1v) is 7.16. The van der Waals surface area contributed by atoms with Crippen LogP contribution in [0.4, 0.5) is 5.82 Å². The number of Topliss-reactive ketones (excluding diaryl/α,β-unsaturated/α-hetero) is 1. The predicted octanol–water partition coefficient (Wildman–Crippen LogP) is 2.37. The van der Waals surface area contributed by atoms with Gasteiger partial charge in [-0.05, 0) is 5.56 Å². The molecule has 3 aromatic rings. The highest BCUT2D eigenvalue weighted by Crippen LogP contribution is 2.30. The predicted molar refractivity (Wildman–Crippen MR) is 88.3 cm³/mol. The van der Waals surface area contributed by atoms with Crippen LogP contribution in [0.3, 0.4) is 0 Å². The van der Waals surface area contributed by atoms with E-state index >= 15 is 0 Å². The van der Waals surface area contributed by atoms with Crippen molar-refractivity contribution >= 4 is 11.6 Å². The van der Waals surface area contributed by atoms with Crippen molar-refractivity contribution in [3.05, 3.63) is 94.0 Å². The molecule has 0 amide bonds. The number of rotatable bonds is 4. The Balaban J connectivity index is 2.15. The standard InChI is InChI=1S/C18H15N3O2/c19-17-14(11-20-18(23)21-17)15(12-7-3-1-4-8-12)16(22)13-9-5-2-6-10-13/h1-11,15H,(H3,19,20,21,23). The third-order valence-corrected chi connectivity index (χ3v) is 3.63. The topological polar surface area (TPSA) is 88.8 Å². The summed E-state index contributed by atoms with van der Waals surface area (Å²) in [7, 11) is 0. The number of anilines is 1. The number of hydrogen-bond donors (Lipinski definition) is 2. The second kappa shape index (κ2) is 6.27. The summed E-state index contributed by atoms with van der Waals surface area (Å²) in [5, 5.41) is 0. The fourth-order valence-electron chi connectivity index (χ4n) is 2.54. The van der Waals surface area contributed by atoms with E-state index in [-0.39, 0.29) is 11.6 Å². The van der Waals surface area contributed by atoms with Crippen LogP contribution in [0.15, 0.2) is 71.7 Å². The van der Waals surface area contributed by atoms with E-state index in [1.807, 2.05) is 48.5 Å². The van der Waals surface area contributed by atoms with Crippen LogP contribution in [0, 0.1) is 0 Å². The van der Waals surface area contributed by atoms with Crippen molar-refractivity contribution in [3.8, 4) is 0 Å². The van der Waals surface area contributed by atoms with E-state index < -0.39 is 11.6 Å². The van der Waals surface area contributed by atoms with E-state index in [2.05, 4.69) is 9.97 Å². The maximum atomic E-state index is 13.0. The Morgan fingerprint density at radius 1 is 1.00 bits per heavy atom. The van der Waals surface area contributed by atoms with Gasteiger partial charge in [0, 0.05) is 17.3 Å². The number of nitrogens with one attached hydrogen (secondary N) is 1. The molecule has 114 valence electrons. The van der Waals surface area contributed by atoms with Crippen LogP contribution in [-0.2, 0) is 0 Å². The maximum Gasteiger partial charge on any atom is 0.346 e. The minimum absolute atomic E-state index is 0.0619. The summed E-state index contributed by atoms with van der Waals surface area (Å²) in [6.07, 6.45) is 1.46. The fraction of sp³-hybridized carbons (Fsp3) is 0.0556. The van der Waals surface area contributed by atoms with E-state index in [9.17, 15) is 9.59 Å². The fourth-order valence-corrected chi connectivity index (χ4v) is 2.54. The van der Waals surface area contributed by atoms with Crippen molar-refractivity contribution in [2.24, 2.45) is 0 Å². The van der Waals surface area contributed by atoms with Crippen LogP contribution in [0.1, 0.15) is 27.4 Å². The van der Waals surface area contributed by atoms with Crippen LogP contribution in [-0.4, -0.2) is 15.8 Å². The van der Waals surface area contributed by atoms with Crippen molar-refractivity contribution in [2.45, 2.75) is 5.92 Å². The average molecular weight is 305 g/mol. The van der Waals surface area contributed by atoms with Gasteiger partial charge in [-0.2, -0.15) is 4.98 Å². The molecule has 0 saturated carbocycles. The molecule has 3 N–H and O–H groups in total. The highest BCUT2D eigenvalue weighted by Gasteiger charge is 2.26. The second-order valence-electron chi connectivity index (χ2n) is 5.12. The Morgan fingerprint density at radius 2 is 1.61 bits per heavy atom. The van der Waals surface area contributed by atoms with Crippen LogP contribution in [0.5, 0.6) is 0 Å². The smallest absolute Gasteiger partial charge is 0.346 e. The van der Waals surface area contributed by atoms with Crippen molar-refractivity contribution in [1.82, 2.24) is 9.97 Å². The van der Waals surface area contributed by atoms with Crippen molar-refractivity contribution in [2.75, 3.05) is 5.73 Å². The molecular weight excluding hydrogens is 290 g/mol. The van der Waals surface area contributed by atoms with Gasteiger partial charge in [-0.1, -0.05) is 60.7 Å². The molecular formula is C18H15N3O2. The molecule has 0 fully saturated rings. The van der Waals surface area contributed by atoms with Crippen LogP contribution in [0.25, 0.3) is 0 Å². The highest BCUT2D eigenvalue weighted by atomic mass is 16.1. The molecule has 3 rings (SSSR count). The van der Waals surface area contributed by atoms with Gasteiger partial charge in [0.25, 0.3) is 0 Å². The second-order valence-corrected chi connectivity index (χ2v) is 5.12. The molecule has 5 nitrogen and oxygen atoms in total. The number of carbonyl (C=O) groups excluding carboxylic acids is 1. The molecule has 0 aliphatic heterocycles. The summed E-state index contributed by atoms with van der Waals surface area (Å²) in [6.45, 7) is 0. The minimum Gasteiger partial charge on any atom is -0.383 e. The normalized spacial score (nSPS) is 11.8. The Labute approximate surface area is 132 Å². The lowest BCUT2D eigenvalue weighted by atomic mass is 9.85. The van der Waals surface area contributed by atoms with Crippen LogP contribution in [0.2, 0.25) is 0 Å². The number of hydrogen-bond acceptors (Lipinski definition) is 4. The summed E-state index contributed by atoms with van der Waals surface area (Å²) < 4.78 is 0.